The van der Waals surface area contributed by atoms with E-state index in [4.69, 9.17) is 19.7 Å². The van der Waals surface area contributed by atoms with Gasteiger partial charge in [-0.15, -0.1) is 0 Å². The lowest BCUT2D eigenvalue weighted by Gasteiger charge is -2.36. The van der Waals surface area contributed by atoms with Gasteiger partial charge in [0.2, 0.25) is 0 Å². The van der Waals surface area contributed by atoms with Gasteiger partial charge >= 0.3 is 5.82 Å². The Kier molecular flexibility index (Phi) is 12.2. The maximum Gasteiger partial charge on any atom is 0.528 e. The predicted molar refractivity (Wildman–Crippen MR) is 189 cm³/mol. The van der Waals surface area contributed by atoms with Crippen molar-refractivity contribution in [3.8, 4) is 12.1 Å². The number of likely N-dealkylation sites (N-methyl/N-ethyl adjacent to an activating group) is 1. The highest BCUT2D eigenvalue weighted by atomic mass is 15.3. The molecule has 0 aromatic heterocycles. The number of benzene rings is 2. The van der Waals surface area contributed by atoms with Gasteiger partial charge in [0.1, 0.15) is 13.1 Å². The van der Waals surface area contributed by atoms with Crippen LogP contribution in [0.1, 0.15) is 24.0 Å². The van der Waals surface area contributed by atoms with Crippen molar-refractivity contribution in [2.75, 3.05) is 33.2 Å². The molecule has 2 aromatic rings. The molecular formula is C40H31N8-. The van der Waals surface area contributed by atoms with Crippen LogP contribution in [0, 0.1) is 42.4 Å². The lowest BCUT2D eigenvalue weighted by atomic mass is 9.96. The Hall–Kier alpha value is -6.72. The van der Waals surface area contributed by atoms with E-state index in [1.807, 2.05) is 48.6 Å². The number of nitriles is 2. The molecule has 2 aromatic carbocycles. The molecular weight excluding hydrogens is 592 g/mol. The molecule has 1 saturated heterocycles. The van der Waals surface area contributed by atoms with Crippen LogP contribution < -0.4 is 0 Å². The van der Waals surface area contributed by atoms with Crippen molar-refractivity contribution in [1.82, 2.24) is 9.80 Å². The molecule has 0 N–H and O–H groups in total. The molecule has 1 heterocycles. The van der Waals surface area contributed by atoms with E-state index < -0.39 is 0 Å². The molecule has 2 aliphatic rings. The van der Waals surface area contributed by atoms with Crippen molar-refractivity contribution in [3.05, 3.63) is 187 Å². The van der Waals surface area contributed by atoms with Crippen molar-refractivity contribution < 1.29 is 0 Å². The first kappa shape index (κ1) is 34.2. The molecule has 4 rings (SSSR count). The standard InChI is InChI=1S/C40H31N8/c1-44-36(29-43)37(30-13-7-5-8-14-30)34(27-41)19-11-17-32-21-22-33(39(32)48-25-23-47(4)24-26-48)18-12-20-35(28-42)38(40(45-2)46-3)31-15-9-6-10-16-31/h5-20H,21-26H2,4H3/q-1/b18-12+,19-11+,32-17?,35-20+,37-36?. The first-order valence-corrected chi connectivity index (χ1v) is 15.2. The van der Waals surface area contributed by atoms with Crippen molar-refractivity contribution in [2.45, 2.75) is 12.8 Å². The predicted octanol–water partition coefficient (Wildman–Crippen LogP) is 8.00. The fraction of sp³-hybridized carbons (Fsp3) is 0.175. The normalized spacial score (nSPS) is 16.4. The van der Waals surface area contributed by atoms with E-state index in [1.54, 1.807) is 54.6 Å². The van der Waals surface area contributed by atoms with Gasteiger partial charge in [0.15, 0.2) is 0 Å². The smallest absolute Gasteiger partial charge is 0.528 e. The van der Waals surface area contributed by atoms with Gasteiger partial charge in [-0.1, -0.05) is 85.0 Å². The van der Waals surface area contributed by atoms with Crippen LogP contribution in [0.2, 0.25) is 0 Å². The average molecular weight is 624 g/mol. The molecule has 0 unspecified atom stereocenters. The SMILES string of the molecule is [C-]#[N+]C(C#N)=C(C(=C=[N-])/C=C/C=C1CCC(/C=C/C=C(\C#N)C(=C([N+]#[C-])[N+]#[C-])c2ccccc2)=C1N1CCN(C)CC1)c1ccccc1. The summed E-state index contributed by atoms with van der Waals surface area (Å²) in [5.74, 6) is 2.02. The summed E-state index contributed by atoms with van der Waals surface area (Å²) in [4.78, 5) is 14.8. The summed E-state index contributed by atoms with van der Waals surface area (Å²) in [7, 11) is 2.10. The maximum atomic E-state index is 10.1. The van der Waals surface area contributed by atoms with E-state index in [-0.39, 0.29) is 22.7 Å². The molecule has 8 heteroatoms. The third-order valence-electron chi connectivity index (χ3n) is 8.01. The number of nitrogens with zero attached hydrogens (tertiary/aromatic N) is 8. The minimum Gasteiger partial charge on any atom is -0.763 e. The van der Waals surface area contributed by atoms with Crippen LogP contribution in [0.4, 0.5) is 0 Å². The van der Waals surface area contributed by atoms with E-state index >= 15 is 0 Å². The van der Waals surface area contributed by atoms with Crippen molar-refractivity contribution >= 4 is 17.0 Å². The van der Waals surface area contributed by atoms with Crippen LogP contribution in [-0.2, 0) is 0 Å². The number of allylic oxidation sites excluding steroid dienone is 13. The maximum absolute atomic E-state index is 10.1. The topological polar surface area (TPSA) is 89.4 Å². The monoisotopic (exact) mass is 623 g/mol. The van der Waals surface area contributed by atoms with Gasteiger partial charge in [-0.2, -0.15) is 15.0 Å². The molecule has 232 valence electrons. The largest absolute Gasteiger partial charge is 0.763 e. The van der Waals surface area contributed by atoms with Crippen LogP contribution in [0.15, 0.2) is 137 Å². The minimum atomic E-state index is -0.158. The fourth-order valence-electron chi connectivity index (χ4n) is 5.66. The highest BCUT2D eigenvalue weighted by molar-refractivity contribution is 5.95. The van der Waals surface area contributed by atoms with E-state index in [0.29, 0.717) is 22.3 Å². The Morgan fingerprint density at radius 1 is 0.812 bits per heavy atom. The Bertz CT molecular complexity index is 1990. The van der Waals surface area contributed by atoms with E-state index in [9.17, 15) is 15.9 Å². The van der Waals surface area contributed by atoms with Crippen LogP contribution in [0.25, 0.3) is 31.1 Å². The van der Waals surface area contributed by atoms with Gasteiger partial charge in [0.25, 0.3) is 5.70 Å². The molecule has 0 saturated carbocycles. The summed E-state index contributed by atoms with van der Waals surface area (Å²) in [5, 5.41) is 29.7. The van der Waals surface area contributed by atoms with Crippen molar-refractivity contribution in [3.63, 3.8) is 0 Å². The molecule has 1 aliphatic heterocycles. The zero-order valence-electron chi connectivity index (χ0n) is 26.6. The number of hydrogen-bond acceptors (Lipinski definition) is 4. The molecule has 0 amide bonds. The zero-order chi connectivity index (χ0) is 34.3. The summed E-state index contributed by atoms with van der Waals surface area (Å²) in [6.45, 7) is 26.1. The molecule has 1 fully saturated rings. The van der Waals surface area contributed by atoms with Gasteiger partial charge in [-0.25, -0.2) is 10.1 Å². The van der Waals surface area contributed by atoms with Crippen LogP contribution >= 0.6 is 0 Å². The highest BCUT2D eigenvalue weighted by Crippen LogP contribution is 2.36. The van der Waals surface area contributed by atoms with Gasteiger partial charge < -0.3 is 15.2 Å². The third kappa shape index (κ3) is 8.10. The summed E-state index contributed by atoms with van der Waals surface area (Å²) < 4.78 is 0. The molecule has 8 nitrogen and oxygen atoms in total. The summed E-state index contributed by atoms with van der Waals surface area (Å²) >= 11 is 0. The first-order valence-electron chi connectivity index (χ1n) is 15.2. The average Bonchev–Trinajstić information content (AvgIpc) is 3.53. The summed E-state index contributed by atoms with van der Waals surface area (Å²) in [6.07, 6.45) is 12.4. The second-order valence-corrected chi connectivity index (χ2v) is 10.9. The zero-order valence-corrected chi connectivity index (χ0v) is 26.6. The fourth-order valence-corrected chi connectivity index (χ4v) is 5.66. The van der Waals surface area contributed by atoms with Gasteiger partial charge in [-0.3, -0.25) is 5.87 Å². The Balaban J connectivity index is 1.74. The third-order valence-corrected chi connectivity index (χ3v) is 8.01. The number of piperazine rings is 1. The van der Waals surface area contributed by atoms with Gasteiger partial charge in [-0.05, 0) is 59.9 Å². The number of hydrogen-bond donors (Lipinski definition) is 0. The number of rotatable bonds is 9. The quantitative estimate of drug-likeness (QED) is 0.123. The van der Waals surface area contributed by atoms with Crippen LogP contribution in [0.3, 0.4) is 0 Å². The Morgan fingerprint density at radius 3 is 1.98 bits per heavy atom. The van der Waals surface area contributed by atoms with Crippen LogP contribution in [0.5, 0.6) is 0 Å². The Morgan fingerprint density at radius 2 is 1.44 bits per heavy atom. The van der Waals surface area contributed by atoms with Gasteiger partial charge in [0.05, 0.1) is 29.9 Å². The highest BCUT2D eigenvalue weighted by Gasteiger charge is 2.26. The summed E-state index contributed by atoms with van der Waals surface area (Å²) in [5.41, 5.74) is 5.49. The molecule has 1 aliphatic carbocycles. The lowest BCUT2D eigenvalue weighted by molar-refractivity contribution is 0.188. The van der Waals surface area contributed by atoms with E-state index in [2.05, 4.69) is 43.3 Å². The Labute approximate surface area is 282 Å². The molecule has 48 heavy (non-hydrogen) atoms. The lowest BCUT2D eigenvalue weighted by Crippen LogP contribution is -2.44. The molecule has 0 atom stereocenters. The van der Waals surface area contributed by atoms with Crippen LogP contribution in [-0.4, -0.2) is 48.9 Å². The minimum absolute atomic E-state index is 0.142. The second-order valence-electron chi connectivity index (χ2n) is 10.9. The first-order chi connectivity index (χ1) is 23.5. The van der Waals surface area contributed by atoms with Crippen molar-refractivity contribution in [1.29, 1.82) is 10.5 Å². The van der Waals surface area contributed by atoms with E-state index in [1.165, 1.54) is 0 Å². The molecule has 0 radical (unpaired) electrons. The summed E-state index contributed by atoms with van der Waals surface area (Å²) in [6, 6.07) is 22.2. The second kappa shape index (κ2) is 17.1. The van der Waals surface area contributed by atoms with Gasteiger partial charge in [0, 0.05) is 37.4 Å². The van der Waals surface area contributed by atoms with E-state index in [0.717, 1.165) is 55.9 Å². The molecule has 0 bridgehead atoms. The molecule has 0 spiro atoms. The van der Waals surface area contributed by atoms with Crippen molar-refractivity contribution in [2.24, 2.45) is 0 Å².